The van der Waals surface area contributed by atoms with Crippen LogP contribution in [0.3, 0.4) is 0 Å². The van der Waals surface area contributed by atoms with Crippen molar-refractivity contribution in [2.75, 3.05) is 20.3 Å². The average molecular weight is 290 g/mol. The van der Waals surface area contributed by atoms with Crippen molar-refractivity contribution in [1.29, 1.82) is 0 Å². The van der Waals surface area contributed by atoms with Gasteiger partial charge in [0.2, 0.25) is 0 Å². The van der Waals surface area contributed by atoms with Crippen LogP contribution in [0.5, 0.6) is 0 Å². The third kappa shape index (κ3) is 2.28. The largest absolute Gasteiger partial charge is 0.384 e. The maximum atomic E-state index is 12.4. The highest BCUT2D eigenvalue weighted by Gasteiger charge is 2.60. The Morgan fingerprint density at radius 3 is 2.56 bits per heavy atom. The van der Waals surface area contributed by atoms with Crippen molar-refractivity contribution in [2.24, 2.45) is 11.1 Å². The number of ether oxygens (including phenoxy) is 1. The third-order valence-corrected chi connectivity index (χ3v) is 6.07. The highest BCUT2D eigenvalue weighted by atomic mass is 35.5. The molecule has 2 rings (SSSR count). The average Bonchev–Trinajstić information content (AvgIpc) is 3.06. The molecule has 6 heteroatoms. The highest BCUT2D eigenvalue weighted by molar-refractivity contribution is 7.92. The van der Waals surface area contributed by atoms with Crippen LogP contribution >= 0.6 is 11.6 Å². The molecule has 0 saturated heterocycles. The van der Waals surface area contributed by atoms with Gasteiger partial charge < -0.3 is 10.5 Å². The van der Waals surface area contributed by atoms with E-state index in [0.29, 0.717) is 29.5 Å². The van der Waals surface area contributed by atoms with Crippen LogP contribution in [0.1, 0.15) is 6.42 Å². The van der Waals surface area contributed by atoms with Gasteiger partial charge in [-0.1, -0.05) is 11.6 Å². The van der Waals surface area contributed by atoms with Gasteiger partial charge in [0.25, 0.3) is 0 Å². The molecule has 0 aliphatic heterocycles. The topological polar surface area (TPSA) is 69.4 Å². The van der Waals surface area contributed by atoms with E-state index in [1.807, 2.05) is 0 Å². The van der Waals surface area contributed by atoms with Gasteiger partial charge >= 0.3 is 0 Å². The van der Waals surface area contributed by atoms with Gasteiger partial charge in [-0.25, -0.2) is 8.42 Å². The first kappa shape index (κ1) is 13.8. The minimum Gasteiger partial charge on any atom is -0.384 e. The first-order valence-corrected chi connectivity index (χ1v) is 7.57. The number of rotatable bonds is 5. The molecular formula is C12H16ClNO3S. The predicted octanol–water partition coefficient (Wildman–Crippen LogP) is 1.48. The Morgan fingerprint density at radius 1 is 1.44 bits per heavy atom. The maximum absolute atomic E-state index is 12.4. The van der Waals surface area contributed by atoms with Crippen molar-refractivity contribution in [2.45, 2.75) is 16.6 Å². The predicted molar refractivity (Wildman–Crippen MR) is 70.4 cm³/mol. The Balaban J connectivity index is 2.26. The standard InChI is InChI=1S/C12H16ClNO3S/c1-17-8-12(7-14)6-11(12)18(15,16)10-4-2-9(13)3-5-10/h2-5,11H,6-8,14H2,1H3/t11-,12+/m1/s1. The van der Waals surface area contributed by atoms with Gasteiger partial charge in [0.05, 0.1) is 16.8 Å². The lowest BCUT2D eigenvalue weighted by Gasteiger charge is -2.13. The second-order valence-electron chi connectivity index (χ2n) is 4.69. The van der Waals surface area contributed by atoms with Crippen LogP contribution < -0.4 is 5.73 Å². The molecule has 0 radical (unpaired) electrons. The summed E-state index contributed by atoms with van der Waals surface area (Å²) in [5.41, 5.74) is 5.26. The zero-order chi connectivity index (χ0) is 13.4. The van der Waals surface area contributed by atoms with Gasteiger partial charge in [0.15, 0.2) is 9.84 Å². The SMILES string of the molecule is COC[C@@]1(CN)C[C@H]1S(=O)(=O)c1ccc(Cl)cc1. The fourth-order valence-corrected chi connectivity index (χ4v) is 4.59. The van der Waals surface area contributed by atoms with Crippen LogP contribution in [0.15, 0.2) is 29.2 Å². The van der Waals surface area contributed by atoms with E-state index in [4.69, 9.17) is 22.1 Å². The summed E-state index contributed by atoms with van der Waals surface area (Å²) in [4.78, 5) is 0.295. The minimum atomic E-state index is -3.34. The van der Waals surface area contributed by atoms with Crippen molar-refractivity contribution in [3.63, 3.8) is 0 Å². The molecule has 0 heterocycles. The van der Waals surface area contributed by atoms with Crippen molar-refractivity contribution in [3.8, 4) is 0 Å². The molecule has 1 saturated carbocycles. The molecule has 1 fully saturated rings. The second-order valence-corrected chi connectivity index (χ2v) is 7.26. The summed E-state index contributed by atoms with van der Waals surface area (Å²) >= 11 is 5.76. The van der Waals surface area contributed by atoms with Gasteiger partial charge in [-0.15, -0.1) is 0 Å². The van der Waals surface area contributed by atoms with E-state index in [1.165, 1.54) is 12.1 Å². The van der Waals surface area contributed by atoms with E-state index < -0.39 is 20.5 Å². The molecule has 0 unspecified atom stereocenters. The van der Waals surface area contributed by atoms with E-state index in [2.05, 4.69) is 0 Å². The summed E-state index contributed by atoms with van der Waals surface area (Å²) in [5.74, 6) is 0. The molecule has 1 aliphatic carbocycles. The van der Waals surface area contributed by atoms with Crippen LogP contribution in [0.4, 0.5) is 0 Å². The number of halogens is 1. The fraction of sp³-hybridized carbons (Fsp3) is 0.500. The first-order valence-electron chi connectivity index (χ1n) is 5.65. The normalized spacial score (nSPS) is 27.2. The Labute approximate surface area is 112 Å². The zero-order valence-corrected chi connectivity index (χ0v) is 11.7. The molecule has 0 aromatic heterocycles. The Kier molecular flexibility index (Phi) is 3.69. The number of hydrogen-bond acceptors (Lipinski definition) is 4. The number of hydrogen-bond donors (Lipinski definition) is 1. The van der Waals surface area contributed by atoms with E-state index in [1.54, 1.807) is 19.2 Å². The van der Waals surface area contributed by atoms with Crippen molar-refractivity contribution < 1.29 is 13.2 Å². The summed E-state index contributed by atoms with van der Waals surface area (Å²) in [5, 5.41) is 0.0721. The van der Waals surface area contributed by atoms with Crippen LogP contribution in [0.25, 0.3) is 0 Å². The van der Waals surface area contributed by atoms with Crippen molar-refractivity contribution >= 4 is 21.4 Å². The van der Waals surface area contributed by atoms with Gasteiger partial charge in [-0.05, 0) is 30.7 Å². The molecule has 0 spiro atoms. The third-order valence-electron chi connectivity index (χ3n) is 3.47. The number of sulfone groups is 1. The van der Waals surface area contributed by atoms with Crippen LogP contribution in [-0.2, 0) is 14.6 Å². The van der Waals surface area contributed by atoms with Gasteiger partial charge in [0, 0.05) is 24.1 Å². The molecule has 0 amide bonds. The lowest BCUT2D eigenvalue weighted by molar-refractivity contribution is 0.145. The molecule has 1 aliphatic rings. The molecule has 1 aromatic carbocycles. The first-order chi connectivity index (χ1) is 8.46. The van der Waals surface area contributed by atoms with Crippen LogP contribution in [0.2, 0.25) is 5.02 Å². The summed E-state index contributed by atoms with van der Waals surface area (Å²) in [6.45, 7) is 0.694. The lowest BCUT2D eigenvalue weighted by Crippen LogP contribution is -2.28. The van der Waals surface area contributed by atoms with Crippen LogP contribution in [-0.4, -0.2) is 33.9 Å². The van der Waals surface area contributed by atoms with Crippen molar-refractivity contribution in [1.82, 2.24) is 0 Å². The van der Waals surface area contributed by atoms with E-state index in [-0.39, 0.29) is 0 Å². The van der Waals surface area contributed by atoms with Crippen molar-refractivity contribution in [3.05, 3.63) is 29.3 Å². The number of nitrogens with two attached hydrogens (primary N) is 1. The molecule has 0 bridgehead atoms. The van der Waals surface area contributed by atoms with Gasteiger partial charge in [-0.2, -0.15) is 0 Å². The molecule has 1 aromatic rings. The summed E-state index contributed by atoms with van der Waals surface area (Å²) in [6, 6.07) is 6.22. The molecule has 100 valence electrons. The minimum absolute atomic E-state index is 0.295. The smallest absolute Gasteiger partial charge is 0.181 e. The van der Waals surface area contributed by atoms with Crippen LogP contribution in [0, 0.1) is 5.41 Å². The summed E-state index contributed by atoms with van der Waals surface area (Å²) in [7, 11) is -1.79. The van der Waals surface area contributed by atoms with Gasteiger partial charge in [0.1, 0.15) is 0 Å². The molecule has 4 nitrogen and oxygen atoms in total. The fourth-order valence-electron chi connectivity index (χ4n) is 2.25. The Bertz CT molecular complexity index is 529. The summed E-state index contributed by atoms with van der Waals surface area (Å²) in [6.07, 6.45) is 0.558. The lowest BCUT2D eigenvalue weighted by atomic mass is 10.1. The molecule has 18 heavy (non-hydrogen) atoms. The molecular weight excluding hydrogens is 274 g/mol. The van der Waals surface area contributed by atoms with E-state index in [0.717, 1.165) is 0 Å². The second kappa shape index (κ2) is 4.81. The Morgan fingerprint density at radius 2 is 2.06 bits per heavy atom. The summed E-state index contributed by atoms with van der Waals surface area (Å²) < 4.78 is 29.9. The highest BCUT2D eigenvalue weighted by Crippen LogP contribution is 2.51. The van der Waals surface area contributed by atoms with Gasteiger partial charge in [-0.3, -0.25) is 0 Å². The monoisotopic (exact) mass is 289 g/mol. The maximum Gasteiger partial charge on any atom is 0.181 e. The molecule has 2 atom stereocenters. The van der Waals surface area contributed by atoms with E-state index >= 15 is 0 Å². The quantitative estimate of drug-likeness (QED) is 0.891. The zero-order valence-electron chi connectivity index (χ0n) is 10.1. The van der Waals surface area contributed by atoms with E-state index in [9.17, 15) is 8.42 Å². The number of benzene rings is 1. The Hall–Kier alpha value is -0.620. The molecule has 2 N–H and O–H groups in total. The number of methoxy groups -OCH3 is 1.